The third-order valence-corrected chi connectivity index (χ3v) is 6.12. The van der Waals surface area contributed by atoms with Gasteiger partial charge in [-0.25, -0.2) is 8.42 Å². The number of halogens is 2. The topological polar surface area (TPSA) is 107 Å². The van der Waals surface area contributed by atoms with Crippen LogP contribution in [0.1, 0.15) is 6.42 Å². The third-order valence-electron chi connectivity index (χ3n) is 3.41. The maximum atomic E-state index is 12.5. The Morgan fingerprint density at radius 1 is 1.43 bits per heavy atom. The molecular weight excluding hydrogens is 341 g/mol. The summed E-state index contributed by atoms with van der Waals surface area (Å²) in [6.07, 6.45) is 0.656. The molecule has 2 rings (SSSR count). The fourth-order valence-corrected chi connectivity index (χ4v) is 4.63. The Kier molecular flexibility index (Phi) is 4.74. The number of nitrogens with zero attached hydrogens (tertiary/aromatic N) is 2. The molecule has 0 bridgehead atoms. The predicted molar refractivity (Wildman–Crippen MR) is 79.0 cm³/mol. The van der Waals surface area contributed by atoms with Crippen LogP contribution in [0.4, 0.5) is 5.69 Å². The van der Waals surface area contributed by atoms with E-state index in [1.165, 1.54) is 10.4 Å². The first-order valence-electron chi connectivity index (χ1n) is 6.11. The fourth-order valence-electron chi connectivity index (χ4n) is 2.24. The third kappa shape index (κ3) is 3.00. The number of rotatable bonds is 4. The molecule has 1 atom stereocenters. The number of hydrogen-bond donors (Lipinski definition) is 1. The molecule has 0 spiro atoms. The molecule has 1 aromatic rings. The van der Waals surface area contributed by atoms with E-state index >= 15 is 0 Å². The highest BCUT2D eigenvalue weighted by Gasteiger charge is 2.35. The first-order chi connectivity index (χ1) is 9.78. The van der Waals surface area contributed by atoms with Gasteiger partial charge >= 0.3 is 5.69 Å². The van der Waals surface area contributed by atoms with Gasteiger partial charge in [0.15, 0.2) is 0 Å². The van der Waals surface area contributed by atoms with Crippen molar-refractivity contribution in [2.24, 2.45) is 11.7 Å². The van der Waals surface area contributed by atoms with Gasteiger partial charge in [0.25, 0.3) is 0 Å². The molecule has 1 aliphatic rings. The summed E-state index contributed by atoms with van der Waals surface area (Å²) in [7, 11) is -3.90. The molecule has 1 unspecified atom stereocenters. The second-order valence-corrected chi connectivity index (χ2v) is 7.41. The molecule has 1 aromatic carbocycles. The van der Waals surface area contributed by atoms with Crippen molar-refractivity contribution >= 4 is 38.9 Å². The van der Waals surface area contributed by atoms with E-state index in [1.54, 1.807) is 0 Å². The van der Waals surface area contributed by atoms with E-state index in [2.05, 4.69) is 0 Å². The number of nitro benzene ring substituents is 1. The Bertz CT molecular complexity index is 680. The van der Waals surface area contributed by atoms with E-state index in [0.717, 1.165) is 6.07 Å². The highest BCUT2D eigenvalue weighted by atomic mass is 35.5. The lowest BCUT2D eigenvalue weighted by Gasteiger charge is -2.17. The zero-order chi connectivity index (χ0) is 15.8. The molecule has 1 saturated heterocycles. The number of nitro groups is 1. The van der Waals surface area contributed by atoms with E-state index in [9.17, 15) is 18.5 Å². The normalized spacial score (nSPS) is 19.9. The summed E-state index contributed by atoms with van der Waals surface area (Å²) in [5, 5.41) is 10.3. The van der Waals surface area contributed by atoms with Crippen LogP contribution in [0.15, 0.2) is 17.0 Å². The van der Waals surface area contributed by atoms with Crippen molar-refractivity contribution in [1.29, 1.82) is 0 Å². The highest BCUT2D eigenvalue weighted by Crippen LogP contribution is 2.38. The fraction of sp³-hybridized carbons (Fsp3) is 0.455. The van der Waals surface area contributed by atoms with Crippen LogP contribution in [0.25, 0.3) is 0 Å². The minimum atomic E-state index is -3.90. The summed E-state index contributed by atoms with van der Waals surface area (Å²) < 4.78 is 26.3. The van der Waals surface area contributed by atoms with Crippen LogP contribution in [0.5, 0.6) is 0 Å². The first kappa shape index (κ1) is 16.4. The maximum Gasteiger partial charge on any atom is 0.307 e. The standard InChI is InChI=1S/C11H13Cl2N3O4S/c12-8-1-2-9(10(13)11(8)16(17)18)21(19,20)15-4-3-7(5-14)6-15/h1-2,7H,3-6,14H2. The van der Waals surface area contributed by atoms with Gasteiger partial charge in [0.2, 0.25) is 10.0 Å². The van der Waals surface area contributed by atoms with Crippen molar-refractivity contribution in [3.8, 4) is 0 Å². The van der Waals surface area contributed by atoms with Crippen LogP contribution in [-0.4, -0.2) is 37.3 Å². The van der Waals surface area contributed by atoms with Crippen molar-refractivity contribution in [2.45, 2.75) is 11.3 Å². The molecule has 116 valence electrons. The van der Waals surface area contributed by atoms with Crippen molar-refractivity contribution in [3.63, 3.8) is 0 Å². The van der Waals surface area contributed by atoms with E-state index in [4.69, 9.17) is 28.9 Å². The van der Waals surface area contributed by atoms with Crippen molar-refractivity contribution in [1.82, 2.24) is 4.31 Å². The molecule has 21 heavy (non-hydrogen) atoms. The molecule has 1 fully saturated rings. The summed E-state index contributed by atoms with van der Waals surface area (Å²) in [6.45, 7) is 0.989. The van der Waals surface area contributed by atoms with Crippen LogP contribution in [0.2, 0.25) is 10.0 Å². The summed E-state index contributed by atoms with van der Waals surface area (Å²) >= 11 is 11.6. The Labute approximate surface area is 131 Å². The average molecular weight is 354 g/mol. The Balaban J connectivity index is 2.47. The summed E-state index contributed by atoms with van der Waals surface area (Å²) in [6, 6.07) is 2.34. The molecule has 0 radical (unpaired) electrons. The molecule has 0 saturated carbocycles. The van der Waals surface area contributed by atoms with Gasteiger partial charge in [-0.15, -0.1) is 0 Å². The van der Waals surface area contributed by atoms with Gasteiger partial charge in [0, 0.05) is 13.1 Å². The van der Waals surface area contributed by atoms with Crippen LogP contribution in [0, 0.1) is 16.0 Å². The van der Waals surface area contributed by atoms with E-state index in [1.807, 2.05) is 0 Å². The van der Waals surface area contributed by atoms with E-state index in [0.29, 0.717) is 19.5 Å². The summed E-state index contributed by atoms with van der Waals surface area (Å²) in [5.41, 5.74) is 4.93. The lowest BCUT2D eigenvalue weighted by molar-refractivity contribution is -0.384. The van der Waals surface area contributed by atoms with Gasteiger partial charge in [-0.3, -0.25) is 10.1 Å². The maximum absolute atomic E-state index is 12.5. The second kappa shape index (κ2) is 6.05. The number of nitrogens with two attached hydrogens (primary N) is 1. The average Bonchev–Trinajstić information content (AvgIpc) is 2.87. The van der Waals surface area contributed by atoms with Crippen LogP contribution in [0.3, 0.4) is 0 Å². The Morgan fingerprint density at radius 3 is 2.62 bits per heavy atom. The molecule has 0 amide bonds. The van der Waals surface area contributed by atoms with Crippen molar-refractivity contribution < 1.29 is 13.3 Å². The van der Waals surface area contributed by atoms with Gasteiger partial charge in [0.05, 0.1) is 4.92 Å². The monoisotopic (exact) mass is 353 g/mol. The largest absolute Gasteiger partial charge is 0.330 e. The number of hydrogen-bond acceptors (Lipinski definition) is 5. The highest BCUT2D eigenvalue weighted by molar-refractivity contribution is 7.89. The van der Waals surface area contributed by atoms with Gasteiger partial charge in [-0.05, 0) is 31.0 Å². The molecule has 0 aliphatic carbocycles. The predicted octanol–water partition coefficient (Wildman–Crippen LogP) is 1.87. The zero-order valence-corrected chi connectivity index (χ0v) is 13.2. The minimum Gasteiger partial charge on any atom is -0.330 e. The summed E-state index contributed by atoms with van der Waals surface area (Å²) in [4.78, 5) is 9.85. The number of benzene rings is 1. The van der Waals surface area contributed by atoms with Crippen LogP contribution >= 0.6 is 23.2 Å². The van der Waals surface area contributed by atoms with Gasteiger partial charge in [-0.2, -0.15) is 4.31 Å². The van der Waals surface area contributed by atoms with Crippen molar-refractivity contribution in [2.75, 3.05) is 19.6 Å². The van der Waals surface area contributed by atoms with Gasteiger partial charge in [0.1, 0.15) is 14.9 Å². The Hall–Kier alpha value is -0.930. The quantitative estimate of drug-likeness (QED) is 0.656. The van der Waals surface area contributed by atoms with Crippen LogP contribution < -0.4 is 5.73 Å². The molecule has 10 heteroatoms. The molecule has 0 aromatic heterocycles. The minimum absolute atomic E-state index is 0.0841. The SMILES string of the molecule is NCC1CCN(S(=O)(=O)c2ccc(Cl)c([N+](=O)[O-])c2Cl)C1. The molecule has 1 heterocycles. The van der Waals surface area contributed by atoms with E-state index < -0.39 is 25.7 Å². The zero-order valence-electron chi connectivity index (χ0n) is 10.8. The van der Waals surface area contributed by atoms with Crippen molar-refractivity contribution in [3.05, 3.63) is 32.3 Å². The second-order valence-electron chi connectivity index (χ2n) is 4.72. The number of sulfonamides is 1. The first-order valence-corrected chi connectivity index (χ1v) is 8.31. The Morgan fingerprint density at radius 2 is 2.10 bits per heavy atom. The van der Waals surface area contributed by atoms with Crippen LogP contribution in [-0.2, 0) is 10.0 Å². The smallest absolute Gasteiger partial charge is 0.307 e. The van der Waals surface area contributed by atoms with E-state index in [-0.39, 0.29) is 22.4 Å². The van der Waals surface area contributed by atoms with Gasteiger partial charge < -0.3 is 5.73 Å². The molecule has 2 N–H and O–H groups in total. The van der Waals surface area contributed by atoms with Gasteiger partial charge in [-0.1, -0.05) is 23.2 Å². The lowest BCUT2D eigenvalue weighted by atomic mass is 10.1. The molecule has 7 nitrogen and oxygen atoms in total. The summed E-state index contributed by atoms with van der Waals surface area (Å²) in [5.74, 6) is 0.0841. The molecular formula is C11H13Cl2N3O4S. The molecule has 1 aliphatic heterocycles. The lowest BCUT2D eigenvalue weighted by Crippen LogP contribution is -2.30.